The molecule has 5 heteroatoms. The van der Waals surface area contributed by atoms with E-state index in [1.807, 2.05) is 6.07 Å². The Morgan fingerprint density at radius 1 is 1.29 bits per heavy atom. The van der Waals surface area contributed by atoms with Gasteiger partial charge < -0.3 is 4.74 Å². The van der Waals surface area contributed by atoms with Crippen molar-refractivity contribution in [1.29, 1.82) is 5.26 Å². The first-order valence-corrected chi connectivity index (χ1v) is 7.10. The number of hydrogen-bond acceptors (Lipinski definition) is 2. The smallest absolute Gasteiger partial charge is 0.142 e. The molecule has 1 aromatic rings. The van der Waals surface area contributed by atoms with Gasteiger partial charge in [0.1, 0.15) is 5.75 Å². The Labute approximate surface area is 120 Å². The lowest BCUT2D eigenvalue weighted by Crippen LogP contribution is -2.00. The van der Waals surface area contributed by atoms with Crippen molar-refractivity contribution in [2.24, 2.45) is 0 Å². The summed E-state index contributed by atoms with van der Waals surface area (Å²) in [7, 11) is 0. The molecule has 0 N–H and O–H groups in total. The van der Waals surface area contributed by atoms with E-state index in [2.05, 4.69) is 22.0 Å². The molecule has 17 heavy (non-hydrogen) atoms. The Bertz CT molecular complexity index is 418. The summed E-state index contributed by atoms with van der Waals surface area (Å²) in [6.45, 7) is 0.559. The quantitative estimate of drug-likeness (QED) is 0.543. The summed E-state index contributed by atoms with van der Waals surface area (Å²) in [6, 6.07) is 5.59. The third-order valence-electron chi connectivity index (χ3n) is 2.16. The lowest BCUT2D eigenvalue weighted by Gasteiger charge is -2.12. The van der Waals surface area contributed by atoms with E-state index in [1.54, 1.807) is 6.07 Å². The number of hydrogen-bond donors (Lipinski definition) is 0. The molecule has 0 saturated heterocycles. The monoisotopic (exact) mass is 335 g/mol. The van der Waals surface area contributed by atoms with Crippen LogP contribution in [-0.2, 0) is 5.33 Å². The van der Waals surface area contributed by atoms with E-state index in [0.717, 1.165) is 18.4 Å². The van der Waals surface area contributed by atoms with Gasteiger partial charge in [-0.3, -0.25) is 0 Å². The normalized spacial score (nSPS) is 10.0. The Kier molecular flexibility index (Phi) is 6.72. The second-order valence-corrected chi connectivity index (χ2v) is 4.88. The van der Waals surface area contributed by atoms with Crippen molar-refractivity contribution in [3.63, 3.8) is 0 Å². The van der Waals surface area contributed by atoms with Crippen molar-refractivity contribution in [1.82, 2.24) is 0 Å². The zero-order chi connectivity index (χ0) is 12.7. The molecule has 0 aliphatic rings. The van der Waals surface area contributed by atoms with Gasteiger partial charge in [0, 0.05) is 22.3 Å². The van der Waals surface area contributed by atoms with E-state index < -0.39 is 0 Å². The van der Waals surface area contributed by atoms with Crippen LogP contribution in [0, 0.1) is 11.3 Å². The van der Waals surface area contributed by atoms with Crippen molar-refractivity contribution >= 4 is 39.1 Å². The summed E-state index contributed by atoms with van der Waals surface area (Å²) in [6.07, 6.45) is 2.24. The van der Waals surface area contributed by atoms with Crippen LogP contribution in [0.15, 0.2) is 12.1 Å². The molecule has 0 spiro atoms. The van der Waals surface area contributed by atoms with Crippen LogP contribution in [-0.4, -0.2) is 6.61 Å². The Morgan fingerprint density at radius 3 is 2.71 bits per heavy atom. The lowest BCUT2D eigenvalue weighted by atomic mass is 10.2. The molecule has 1 rings (SSSR count). The minimum absolute atomic E-state index is 0.521. The summed E-state index contributed by atoms with van der Waals surface area (Å²) >= 11 is 15.3. The van der Waals surface area contributed by atoms with Crippen LogP contribution in [0.4, 0.5) is 0 Å². The zero-order valence-electron chi connectivity index (χ0n) is 9.18. The minimum atomic E-state index is 0.521. The van der Waals surface area contributed by atoms with E-state index in [1.165, 1.54) is 0 Å². The Morgan fingerprint density at radius 2 is 2.06 bits per heavy atom. The number of halogens is 3. The first-order chi connectivity index (χ1) is 8.19. The summed E-state index contributed by atoms with van der Waals surface area (Å²) in [5.74, 6) is 0.671. The number of ether oxygens (including phenoxy) is 1. The molecular weight excluding hydrogens is 325 g/mol. The molecule has 0 aromatic heterocycles. The highest BCUT2D eigenvalue weighted by molar-refractivity contribution is 9.08. The van der Waals surface area contributed by atoms with Crippen LogP contribution in [0.3, 0.4) is 0 Å². The van der Waals surface area contributed by atoms with Crippen LogP contribution in [0.5, 0.6) is 5.75 Å². The fourth-order valence-corrected chi connectivity index (χ4v) is 2.36. The molecule has 0 amide bonds. The van der Waals surface area contributed by atoms with E-state index in [9.17, 15) is 0 Å². The SMILES string of the molecule is N#CCCCCOc1c(Cl)cc(Cl)cc1CBr. The molecule has 0 radical (unpaired) electrons. The molecule has 1 aromatic carbocycles. The van der Waals surface area contributed by atoms with Crippen molar-refractivity contribution in [3.8, 4) is 11.8 Å². The number of alkyl halides is 1. The fraction of sp³-hybridized carbons (Fsp3) is 0.417. The summed E-state index contributed by atoms with van der Waals surface area (Å²) in [4.78, 5) is 0. The zero-order valence-corrected chi connectivity index (χ0v) is 12.3. The number of nitrogens with zero attached hydrogens (tertiary/aromatic N) is 1. The molecule has 0 heterocycles. The van der Waals surface area contributed by atoms with Gasteiger partial charge in [0.2, 0.25) is 0 Å². The number of rotatable bonds is 6. The average molecular weight is 337 g/mol. The predicted octanol–water partition coefficient (Wildman–Crippen LogP) is 4.96. The largest absolute Gasteiger partial charge is 0.492 e. The fourth-order valence-electron chi connectivity index (χ4n) is 1.35. The average Bonchev–Trinajstić information content (AvgIpc) is 2.30. The minimum Gasteiger partial charge on any atom is -0.492 e. The molecule has 2 nitrogen and oxygen atoms in total. The maximum Gasteiger partial charge on any atom is 0.142 e. The molecule has 92 valence electrons. The predicted molar refractivity (Wildman–Crippen MR) is 74.1 cm³/mol. The standard InChI is InChI=1S/C12H12BrCl2NO/c13-8-9-6-10(14)7-11(15)12(9)17-5-3-1-2-4-16/h6-7H,1-3,5,8H2. The highest BCUT2D eigenvalue weighted by Crippen LogP contribution is 2.33. The van der Waals surface area contributed by atoms with E-state index in [-0.39, 0.29) is 0 Å². The van der Waals surface area contributed by atoms with Gasteiger partial charge in [0.15, 0.2) is 0 Å². The third kappa shape index (κ3) is 4.75. The molecule has 0 fully saturated rings. The van der Waals surface area contributed by atoms with Crippen LogP contribution in [0.2, 0.25) is 10.0 Å². The lowest BCUT2D eigenvalue weighted by molar-refractivity contribution is 0.305. The second kappa shape index (κ2) is 7.81. The van der Waals surface area contributed by atoms with Crippen molar-refractivity contribution in [3.05, 3.63) is 27.7 Å². The Hall–Kier alpha value is -0.430. The van der Waals surface area contributed by atoms with Crippen LogP contribution in [0.1, 0.15) is 24.8 Å². The highest BCUT2D eigenvalue weighted by atomic mass is 79.9. The van der Waals surface area contributed by atoms with Gasteiger partial charge in [0.05, 0.1) is 17.7 Å². The van der Waals surface area contributed by atoms with Gasteiger partial charge in [-0.05, 0) is 25.0 Å². The number of benzene rings is 1. The summed E-state index contributed by atoms with van der Waals surface area (Å²) in [5, 5.41) is 10.2. The van der Waals surface area contributed by atoms with Crippen molar-refractivity contribution in [2.75, 3.05) is 6.61 Å². The van der Waals surface area contributed by atoms with E-state index in [0.29, 0.717) is 34.2 Å². The third-order valence-corrected chi connectivity index (χ3v) is 3.26. The molecule has 0 unspecified atom stereocenters. The molecule has 0 bridgehead atoms. The summed E-state index contributed by atoms with van der Waals surface area (Å²) < 4.78 is 5.63. The molecule has 0 aliphatic carbocycles. The van der Waals surface area contributed by atoms with Crippen molar-refractivity contribution < 1.29 is 4.74 Å². The molecule has 0 aliphatic heterocycles. The van der Waals surface area contributed by atoms with Gasteiger partial charge in [-0.25, -0.2) is 0 Å². The molecular formula is C12H12BrCl2NO. The number of nitriles is 1. The first-order valence-electron chi connectivity index (χ1n) is 5.22. The van der Waals surface area contributed by atoms with Gasteiger partial charge in [-0.1, -0.05) is 39.1 Å². The van der Waals surface area contributed by atoms with Gasteiger partial charge >= 0.3 is 0 Å². The van der Waals surface area contributed by atoms with Gasteiger partial charge in [-0.15, -0.1) is 0 Å². The topological polar surface area (TPSA) is 33.0 Å². The van der Waals surface area contributed by atoms with Crippen LogP contribution in [0.25, 0.3) is 0 Å². The van der Waals surface area contributed by atoms with Gasteiger partial charge in [0.25, 0.3) is 0 Å². The van der Waals surface area contributed by atoms with Crippen LogP contribution >= 0.6 is 39.1 Å². The maximum atomic E-state index is 8.41. The van der Waals surface area contributed by atoms with E-state index >= 15 is 0 Å². The number of unbranched alkanes of at least 4 members (excludes halogenated alkanes) is 2. The van der Waals surface area contributed by atoms with E-state index in [4.69, 9.17) is 33.2 Å². The maximum absolute atomic E-state index is 8.41. The molecule has 0 atom stereocenters. The highest BCUT2D eigenvalue weighted by Gasteiger charge is 2.09. The van der Waals surface area contributed by atoms with Gasteiger partial charge in [-0.2, -0.15) is 5.26 Å². The van der Waals surface area contributed by atoms with Crippen LogP contribution < -0.4 is 4.74 Å². The first kappa shape index (κ1) is 14.6. The van der Waals surface area contributed by atoms with Crippen molar-refractivity contribution in [2.45, 2.75) is 24.6 Å². The second-order valence-electron chi connectivity index (χ2n) is 3.47. The Balaban J connectivity index is 2.61. The molecule has 0 saturated carbocycles. The summed E-state index contributed by atoms with van der Waals surface area (Å²) in [5.41, 5.74) is 0.933.